The first-order valence-electron chi connectivity index (χ1n) is 6.24. The summed E-state index contributed by atoms with van der Waals surface area (Å²) < 4.78 is 0. The highest BCUT2D eigenvalue weighted by Gasteiger charge is 2.27. The lowest BCUT2D eigenvalue weighted by atomic mass is 10.1. The lowest BCUT2D eigenvalue weighted by Gasteiger charge is -2.38. The average Bonchev–Trinajstić information content (AvgIpc) is 2.38. The van der Waals surface area contributed by atoms with E-state index < -0.39 is 0 Å². The van der Waals surface area contributed by atoms with Crippen LogP contribution in [0.15, 0.2) is 18.3 Å². The monoisotopic (exact) mass is 278 g/mol. The van der Waals surface area contributed by atoms with Crippen LogP contribution in [0.4, 0.5) is 0 Å². The summed E-state index contributed by atoms with van der Waals surface area (Å²) in [5, 5.41) is 0. The molecule has 0 aromatic carbocycles. The van der Waals surface area contributed by atoms with Gasteiger partial charge in [-0.15, -0.1) is 0 Å². The van der Waals surface area contributed by atoms with Gasteiger partial charge in [0, 0.05) is 37.4 Å². The standard InChI is InChI=1S/C13H18N4OS/c1-9-8-16(2)5-6-17(9)13(18)11-4-3-10(7-15-11)12(14)19/h3-4,7,9H,5-6,8H2,1-2H3,(H2,14,19). The van der Waals surface area contributed by atoms with E-state index >= 15 is 0 Å². The van der Waals surface area contributed by atoms with Crippen molar-refractivity contribution in [3.8, 4) is 0 Å². The van der Waals surface area contributed by atoms with Crippen molar-refractivity contribution in [3.05, 3.63) is 29.6 Å². The Kier molecular flexibility index (Phi) is 4.11. The fourth-order valence-electron chi connectivity index (χ4n) is 2.25. The third-order valence-corrected chi connectivity index (χ3v) is 3.59. The van der Waals surface area contributed by atoms with Crippen molar-refractivity contribution < 1.29 is 4.79 Å². The Morgan fingerprint density at radius 2 is 2.21 bits per heavy atom. The minimum absolute atomic E-state index is 0.0323. The molecule has 0 saturated carbocycles. The van der Waals surface area contributed by atoms with Crippen molar-refractivity contribution in [2.45, 2.75) is 13.0 Å². The summed E-state index contributed by atoms with van der Waals surface area (Å²) in [7, 11) is 2.06. The van der Waals surface area contributed by atoms with E-state index in [4.69, 9.17) is 18.0 Å². The zero-order chi connectivity index (χ0) is 14.0. The molecule has 0 radical (unpaired) electrons. The Morgan fingerprint density at radius 1 is 1.47 bits per heavy atom. The summed E-state index contributed by atoms with van der Waals surface area (Å²) in [6.07, 6.45) is 1.55. The van der Waals surface area contributed by atoms with E-state index in [1.165, 1.54) is 0 Å². The summed E-state index contributed by atoms with van der Waals surface area (Å²) in [5.41, 5.74) is 6.63. The number of nitrogens with zero attached hydrogens (tertiary/aromatic N) is 3. The molecule has 2 heterocycles. The van der Waals surface area contributed by atoms with Crippen molar-refractivity contribution in [1.29, 1.82) is 0 Å². The summed E-state index contributed by atoms with van der Waals surface area (Å²) in [6, 6.07) is 3.62. The second-order valence-corrected chi connectivity index (χ2v) is 5.35. The number of rotatable bonds is 2. The third-order valence-electron chi connectivity index (χ3n) is 3.36. The molecular weight excluding hydrogens is 260 g/mol. The summed E-state index contributed by atoms with van der Waals surface area (Å²) in [5.74, 6) is -0.0323. The first kappa shape index (κ1) is 13.9. The van der Waals surface area contributed by atoms with Crippen LogP contribution in [-0.4, -0.2) is 58.4 Å². The van der Waals surface area contributed by atoms with Crippen LogP contribution in [0.2, 0.25) is 0 Å². The van der Waals surface area contributed by atoms with Crippen molar-refractivity contribution in [2.75, 3.05) is 26.7 Å². The predicted octanol–water partition coefficient (Wildman–Crippen LogP) is 0.492. The summed E-state index contributed by atoms with van der Waals surface area (Å²) in [4.78, 5) is 20.9. The Bertz CT molecular complexity index is 488. The zero-order valence-corrected chi connectivity index (χ0v) is 12.0. The van der Waals surface area contributed by atoms with Crippen LogP contribution in [-0.2, 0) is 0 Å². The van der Waals surface area contributed by atoms with E-state index in [9.17, 15) is 4.79 Å². The van der Waals surface area contributed by atoms with Crippen molar-refractivity contribution in [1.82, 2.24) is 14.8 Å². The number of carbonyl (C=O) groups excluding carboxylic acids is 1. The van der Waals surface area contributed by atoms with E-state index in [-0.39, 0.29) is 11.9 Å². The smallest absolute Gasteiger partial charge is 0.272 e. The molecule has 0 spiro atoms. The third kappa shape index (κ3) is 3.08. The molecule has 0 bridgehead atoms. The van der Waals surface area contributed by atoms with E-state index in [1.807, 2.05) is 4.90 Å². The van der Waals surface area contributed by atoms with Gasteiger partial charge >= 0.3 is 0 Å². The fourth-order valence-corrected chi connectivity index (χ4v) is 2.38. The van der Waals surface area contributed by atoms with Gasteiger partial charge in [0.05, 0.1) is 0 Å². The number of carbonyl (C=O) groups is 1. The molecule has 1 saturated heterocycles. The highest BCUT2D eigenvalue weighted by Crippen LogP contribution is 2.12. The van der Waals surface area contributed by atoms with Gasteiger partial charge in [-0.2, -0.15) is 0 Å². The lowest BCUT2D eigenvalue weighted by molar-refractivity contribution is 0.0528. The van der Waals surface area contributed by atoms with Crippen LogP contribution >= 0.6 is 12.2 Å². The Morgan fingerprint density at radius 3 is 2.74 bits per heavy atom. The summed E-state index contributed by atoms with van der Waals surface area (Å²) >= 11 is 4.86. The lowest BCUT2D eigenvalue weighted by Crippen LogP contribution is -2.52. The van der Waals surface area contributed by atoms with Gasteiger partial charge in [0.25, 0.3) is 5.91 Å². The Hall–Kier alpha value is -1.53. The molecule has 1 fully saturated rings. The maximum atomic E-state index is 12.4. The molecule has 0 aliphatic carbocycles. The maximum Gasteiger partial charge on any atom is 0.272 e. The van der Waals surface area contributed by atoms with Crippen LogP contribution in [0.3, 0.4) is 0 Å². The molecule has 1 aromatic heterocycles. The van der Waals surface area contributed by atoms with E-state index in [1.54, 1.807) is 18.3 Å². The van der Waals surface area contributed by atoms with Gasteiger partial charge in [0.2, 0.25) is 0 Å². The topological polar surface area (TPSA) is 62.5 Å². The van der Waals surface area contributed by atoms with E-state index in [0.29, 0.717) is 16.2 Å². The number of thiocarbonyl (C=S) groups is 1. The number of pyridine rings is 1. The molecule has 19 heavy (non-hydrogen) atoms. The number of piperazine rings is 1. The molecular formula is C13H18N4OS. The van der Waals surface area contributed by atoms with Crippen molar-refractivity contribution >= 4 is 23.1 Å². The zero-order valence-electron chi connectivity index (χ0n) is 11.2. The molecule has 1 atom stereocenters. The molecule has 1 aliphatic rings. The molecule has 1 aliphatic heterocycles. The van der Waals surface area contributed by atoms with Crippen LogP contribution in [0.25, 0.3) is 0 Å². The number of likely N-dealkylation sites (N-methyl/N-ethyl adjacent to an activating group) is 1. The highest BCUT2D eigenvalue weighted by atomic mass is 32.1. The van der Waals surface area contributed by atoms with Crippen molar-refractivity contribution in [3.63, 3.8) is 0 Å². The number of aromatic nitrogens is 1. The van der Waals surface area contributed by atoms with E-state index in [0.717, 1.165) is 19.6 Å². The molecule has 102 valence electrons. The van der Waals surface area contributed by atoms with Crippen molar-refractivity contribution in [2.24, 2.45) is 5.73 Å². The Labute approximate surface area is 118 Å². The molecule has 1 amide bonds. The fraction of sp³-hybridized carbons (Fsp3) is 0.462. The number of nitrogens with two attached hydrogens (primary N) is 1. The van der Waals surface area contributed by atoms with Gasteiger partial charge in [-0.3, -0.25) is 9.78 Å². The first-order chi connectivity index (χ1) is 8.99. The normalized spacial score (nSPS) is 20.3. The van der Waals surface area contributed by atoms with Crippen LogP contribution in [0.5, 0.6) is 0 Å². The largest absolute Gasteiger partial charge is 0.389 e. The van der Waals surface area contributed by atoms with Crippen LogP contribution < -0.4 is 5.73 Å². The van der Waals surface area contributed by atoms with Crippen LogP contribution in [0, 0.1) is 0 Å². The Balaban J connectivity index is 2.13. The van der Waals surface area contributed by atoms with Gasteiger partial charge < -0.3 is 15.5 Å². The molecule has 5 nitrogen and oxygen atoms in total. The minimum atomic E-state index is -0.0323. The van der Waals surface area contributed by atoms with Gasteiger partial charge in [-0.25, -0.2) is 0 Å². The molecule has 2 rings (SSSR count). The molecule has 1 aromatic rings. The average molecular weight is 278 g/mol. The van der Waals surface area contributed by atoms with E-state index in [2.05, 4.69) is 23.9 Å². The van der Waals surface area contributed by atoms with Crippen LogP contribution in [0.1, 0.15) is 23.0 Å². The molecule has 6 heteroatoms. The summed E-state index contributed by atoms with van der Waals surface area (Å²) in [6.45, 7) is 4.56. The number of amides is 1. The van der Waals surface area contributed by atoms with Gasteiger partial charge in [0.1, 0.15) is 10.7 Å². The second-order valence-electron chi connectivity index (χ2n) is 4.91. The molecule has 2 N–H and O–H groups in total. The maximum absolute atomic E-state index is 12.4. The quantitative estimate of drug-likeness (QED) is 0.798. The number of hydrogen-bond donors (Lipinski definition) is 1. The predicted molar refractivity (Wildman–Crippen MR) is 78.1 cm³/mol. The molecule has 1 unspecified atom stereocenters. The SMILES string of the molecule is CC1CN(C)CCN1C(=O)c1ccc(C(N)=S)cn1. The highest BCUT2D eigenvalue weighted by molar-refractivity contribution is 7.80. The van der Waals surface area contributed by atoms with Gasteiger partial charge in [0.15, 0.2) is 0 Å². The van der Waals surface area contributed by atoms with Gasteiger partial charge in [-0.1, -0.05) is 12.2 Å². The second kappa shape index (κ2) is 5.63. The number of hydrogen-bond acceptors (Lipinski definition) is 4. The van der Waals surface area contributed by atoms with Gasteiger partial charge in [-0.05, 0) is 26.1 Å². The first-order valence-corrected chi connectivity index (χ1v) is 6.65. The minimum Gasteiger partial charge on any atom is -0.389 e.